The van der Waals surface area contributed by atoms with Gasteiger partial charge in [-0.2, -0.15) is 0 Å². The second-order valence-electron chi connectivity index (χ2n) is 7.97. The molecule has 26 heavy (non-hydrogen) atoms. The first-order valence-corrected chi connectivity index (χ1v) is 11.4. The summed E-state index contributed by atoms with van der Waals surface area (Å²) in [4.78, 5) is 2.32. The zero-order chi connectivity index (χ0) is 18.7. The van der Waals surface area contributed by atoms with Crippen molar-refractivity contribution in [1.82, 2.24) is 19.9 Å². The number of hydrogen-bond donors (Lipinski definition) is 0. The molecule has 4 heteroatoms. The van der Waals surface area contributed by atoms with Crippen LogP contribution in [0.15, 0.2) is 12.4 Å². The molecular formula is C22H44N4. The van der Waals surface area contributed by atoms with Crippen molar-refractivity contribution >= 4 is 0 Å². The maximum absolute atomic E-state index is 4.01. The molecular weight excluding hydrogens is 320 g/mol. The summed E-state index contributed by atoms with van der Waals surface area (Å²) < 4.78 is 1.88. The van der Waals surface area contributed by atoms with Gasteiger partial charge in [0.05, 0.1) is 12.9 Å². The lowest BCUT2D eigenvalue weighted by atomic mass is 10.0. The average molecular weight is 365 g/mol. The molecule has 1 aromatic heterocycles. The number of nitrogens with zero attached hydrogens (tertiary/aromatic N) is 4. The van der Waals surface area contributed by atoms with E-state index >= 15 is 0 Å². The number of hydrogen-bond acceptors (Lipinski definition) is 3. The lowest BCUT2D eigenvalue weighted by Crippen LogP contribution is -2.23. The van der Waals surface area contributed by atoms with Gasteiger partial charge in [-0.15, -0.1) is 5.10 Å². The number of unbranched alkanes of at least 4 members (excludes halogenated alkanes) is 15. The maximum Gasteiger partial charge on any atom is 0.0944 e. The van der Waals surface area contributed by atoms with Crippen molar-refractivity contribution in [2.75, 3.05) is 13.6 Å². The highest BCUT2D eigenvalue weighted by Gasteiger charge is 2.00. The third-order valence-electron chi connectivity index (χ3n) is 5.25. The minimum Gasteiger partial charge on any atom is -0.287 e. The van der Waals surface area contributed by atoms with E-state index in [4.69, 9.17) is 0 Å². The lowest BCUT2D eigenvalue weighted by molar-refractivity contribution is 0.246. The smallest absolute Gasteiger partial charge is 0.0944 e. The number of aromatic nitrogens is 3. The van der Waals surface area contributed by atoms with Gasteiger partial charge in [0.15, 0.2) is 0 Å². The van der Waals surface area contributed by atoms with E-state index in [0.717, 1.165) is 13.2 Å². The average Bonchev–Trinajstić information content (AvgIpc) is 3.14. The summed E-state index contributed by atoms with van der Waals surface area (Å²) in [5.41, 5.74) is 0. The van der Waals surface area contributed by atoms with Crippen molar-refractivity contribution in [3.63, 3.8) is 0 Å². The molecule has 0 aliphatic rings. The van der Waals surface area contributed by atoms with Gasteiger partial charge < -0.3 is 0 Å². The molecule has 0 aliphatic heterocycles. The molecule has 0 saturated heterocycles. The van der Waals surface area contributed by atoms with Gasteiger partial charge in [-0.05, 0) is 20.0 Å². The Hall–Kier alpha value is -0.900. The molecule has 0 unspecified atom stereocenters. The quantitative estimate of drug-likeness (QED) is 0.265. The Kier molecular flexibility index (Phi) is 15.6. The van der Waals surface area contributed by atoms with Crippen LogP contribution in [0.5, 0.6) is 0 Å². The van der Waals surface area contributed by atoms with E-state index < -0.39 is 0 Å². The SMILES string of the molecule is CCCCCCCCCCCCCCCCCCN(C)Cn1ccnn1. The first-order valence-electron chi connectivity index (χ1n) is 11.4. The summed E-state index contributed by atoms with van der Waals surface area (Å²) in [5.74, 6) is 0. The summed E-state index contributed by atoms with van der Waals surface area (Å²) in [7, 11) is 2.16. The molecule has 152 valence electrons. The summed E-state index contributed by atoms with van der Waals surface area (Å²) in [6.07, 6.45) is 26.5. The molecule has 4 nitrogen and oxygen atoms in total. The Balaban J connectivity index is 1.72. The lowest BCUT2D eigenvalue weighted by Gasteiger charge is -2.15. The molecule has 0 bridgehead atoms. The first-order chi connectivity index (χ1) is 12.8. The molecule has 1 rings (SSSR count). The highest BCUT2D eigenvalue weighted by molar-refractivity contribution is 4.63. The Labute approximate surface area is 162 Å². The van der Waals surface area contributed by atoms with Gasteiger partial charge in [0.1, 0.15) is 0 Å². The van der Waals surface area contributed by atoms with Gasteiger partial charge in [-0.1, -0.05) is 108 Å². The third kappa shape index (κ3) is 14.3. The largest absolute Gasteiger partial charge is 0.287 e. The van der Waals surface area contributed by atoms with E-state index in [1.807, 2.05) is 10.9 Å². The van der Waals surface area contributed by atoms with Crippen molar-refractivity contribution in [3.05, 3.63) is 12.4 Å². The van der Waals surface area contributed by atoms with Crippen LogP contribution in [0.25, 0.3) is 0 Å². The zero-order valence-electron chi connectivity index (χ0n) is 17.7. The molecule has 0 N–H and O–H groups in total. The molecule has 1 aromatic rings. The van der Waals surface area contributed by atoms with Crippen LogP contribution in [0.4, 0.5) is 0 Å². The fraction of sp³-hybridized carbons (Fsp3) is 0.909. The van der Waals surface area contributed by atoms with Crippen molar-refractivity contribution in [1.29, 1.82) is 0 Å². The van der Waals surface area contributed by atoms with Gasteiger partial charge in [0, 0.05) is 6.20 Å². The van der Waals surface area contributed by atoms with E-state index in [9.17, 15) is 0 Å². The van der Waals surface area contributed by atoms with Crippen LogP contribution in [-0.2, 0) is 6.67 Å². The van der Waals surface area contributed by atoms with Crippen molar-refractivity contribution in [3.8, 4) is 0 Å². The standard InChI is InChI=1S/C22H44N4/c1-3-4-5-6-7-8-9-10-11-12-13-14-15-16-17-18-20-25(2)22-26-21-19-23-24-26/h19,21H,3-18,20,22H2,1-2H3. The third-order valence-corrected chi connectivity index (χ3v) is 5.25. The molecule has 0 fully saturated rings. The van der Waals surface area contributed by atoms with Gasteiger partial charge in [0.2, 0.25) is 0 Å². The first kappa shape index (κ1) is 23.1. The van der Waals surface area contributed by atoms with Crippen LogP contribution >= 0.6 is 0 Å². The second kappa shape index (κ2) is 17.5. The van der Waals surface area contributed by atoms with Gasteiger partial charge in [-0.3, -0.25) is 4.90 Å². The van der Waals surface area contributed by atoms with Crippen LogP contribution in [-0.4, -0.2) is 33.5 Å². The van der Waals surface area contributed by atoms with Crippen molar-refractivity contribution in [2.24, 2.45) is 0 Å². The summed E-state index contributed by atoms with van der Waals surface area (Å²) >= 11 is 0. The summed E-state index contributed by atoms with van der Waals surface area (Å²) in [5, 5.41) is 7.85. The van der Waals surface area contributed by atoms with E-state index in [2.05, 4.69) is 29.2 Å². The van der Waals surface area contributed by atoms with E-state index in [1.165, 1.54) is 103 Å². The van der Waals surface area contributed by atoms with E-state index in [1.54, 1.807) is 6.20 Å². The molecule has 0 saturated carbocycles. The van der Waals surface area contributed by atoms with Crippen LogP contribution in [0.1, 0.15) is 110 Å². The maximum atomic E-state index is 4.01. The Bertz CT molecular complexity index is 378. The summed E-state index contributed by atoms with van der Waals surface area (Å²) in [6.45, 7) is 4.29. The van der Waals surface area contributed by atoms with Crippen LogP contribution in [0.2, 0.25) is 0 Å². The highest BCUT2D eigenvalue weighted by Crippen LogP contribution is 2.13. The highest BCUT2D eigenvalue weighted by atomic mass is 15.5. The predicted molar refractivity (Wildman–Crippen MR) is 112 cm³/mol. The predicted octanol–water partition coefficient (Wildman–Crippen LogP) is 6.43. The Morgan fingerprint density at radius 2 is 1.15 bits per heavy atom. The molecule has 1 heterocycles. The molecule has 0 radical (unpaired) electrons. The normalized spacial score (nSPS) is 11.5. The van der Waals surface area contributed by atoms with Crippen molar-refractivity contribution < 1.29 is 0 Å². The van der Waals surface area contributed by atoms with Crippen LogP contribution in [0.3, 0.4) is 0 Å². The fourth-order valence-corrected chi connectivity index (χ4v) is 3.56. The Morgan fingerprint density at radius 1 is 0.692 bits per heavy atom. The summed E-state index contributed by atoms with van der Waals surface area (Å²) in [6, 6.07) is 0. The van der Waals surface area contributed by atoms with Gasteiger partial charge >= 0.3 is 0 Å². The molecule has 0 aliphatic carbocycles. The number of rotatable bonds is 19. The van der Waals surface area contributed by atoms with Crippen molar-refractivity contribution in [2.45, 2.75) is 116 Å². The fourth-order valence-electron chi connectivity index (χ4n) is 3.56. The minimum atomic E-state index is 0.846. The van der Waals surface area contributed by atoms with Gasteiger partial charge in [-0.25, -0.2) is 4.68 Å². The van der Waals surface area contributed by atoms with Crippen LogP contribution in [0, 0.1) is 0 Å². The zero-order valence-corrected chi connectivity index (χ0v) is 17.7. The minimum absolute atomic E-state index is 0.846. The molecule has 0 amide bonds. The topological polar surface area (TPSA) is 34.0 Å². The second-order valence-corrected chi connectivity index (χ2v) is 7.97. The van der Waals surface area contributed by atoms with E-state index in [0.29, 0.717) is 0 Å². The molecule has 0 aromatic carbocycles. The molecule has 0 atom stereocenters. The van der Waals surface area contributed by atoms with Gasteiger partial charge in [0.25, 0.3) is 0 Å². The van der Waals surface area contributed by atoms with E-state index in [-0.39, 0.29) is 0 Å². The van der Waals surface area contributed by atoms with Crippen LogP contribution < -0.4 is 0 Å². The Morgan fingerprint density at radius 3 is 1.58 bits per heavy atom. The monoisotopic (exact) mass is 364 g/mol. The molecule has 0 spiro atoms.